The minimum Gasteiger partial charge on any atom is -0.185 e. The molecule has 0 aromatic carbocycles. The van der Waals surface area contributed by atoms with E-state index in [4.69, 9.17) is 5.26 Å². The normalized spacial score (nSPS) is 14.8. The molecule has 0 aromatic heterocycles. The molecular formula is C10H15NS. The van der Waals surface area contributed by atoms with Crippen molar-refractivity contribution >= 4 is 11.8 Å². The maximum Gasteiger partial charge on any atom is 0.138 e. The number of nitrogens with zero attached hydrogens (tertiary/aromatic N) is 1. The molecule has 1 aliphatic carbocycles. The highest BCUT2D eigenvalue weighted by Gasteiger charge is 2.03. The van der Waals surface area contributed by atoms with Crippen molar-refractivity contribution in [3.63, 3.8) is 0 Å². The first-order chi connectivity index (χ1) is 5.84. The van der Waals surface area contributed by atoms with E-state index in [0.717, 1.165) is 17.7 Å². The third-order valence-electron chi connectivity index (χ3n) is 1.49. The van der Waals surface area contributed by atoms with Crippen LogP contribution in [0.2, 0.25) is 0 Å². The summed E-state index contributed by atoms with van der Waals surface area (Å²) in [5.41, 5.74) is 1.25. The standard InChI is InChI=1S/C8H9NS.C2H6/c1-7-4-2-3-5-8(7)10-6-9;1-2/h4-5H,2-3H2,1H3;1-2H3. The fraction of sp³-hybridized carbons (Fsp3) is 0.500. The quantitative estimate of drug-likeness (QED) is 0.574. The van der Waals surface area contributed by atoms with Gasteiger partial charge < -0.3 is 0 Å². The lowest BCUT2D eigenvalue weighted by atomic mass is 10.1. The molecule has 0 aromatic rings. The SMILES string of the molecule is CC.CC1=CCCC=C1SC#N. The highest BCUT2D eigenvalue weighted by molar-refractivity contribution is 8.07. The van der Waals surface area contributed by atoms with Crippen LogP contribution in [0.3, 0.4) is 0 Å². The second kappa shape index (κ2) is 7.00. The van der Waals surface area contributed by atoms with Crippen LogP contribution < -0.4 is 0 Å². The van der Waals surface area contributed by atoms with E-state index in [0.29, 0.717) is 0 Å². The predicted octanol–water partition coefficient (Wildman–Crippen LogP) is 3.85. The van der Waals surface area contributed by atoms with Gasteiger partial charge in [-0.25, -0.2) is 0 Å². The van der Waals surface area contributed by atoms with Crippen molar-refractivity contribution in [2.24, 2.45) is 0 Å². The Bertz CT molecular complexity index is 220. The second-order valence-electron chi connectivity index (χ2n) is 2.23. The van der Waals surface area contributed by atoms with Crippen molar-refractivity contribution in [2.75, 3.05) is 0 Å². The van der Waals surface area contributed by atoms with Crippen LogP contribution in [0.15, 0.2) is 22.6 Å². The van der Waals surface area contributed by atoms with E-state index in [1.54, 1.807) is 0 Å². The van der Waals surface area contributed by atoms with Gasteiger partial charge in [-0.1, -0.05) is 26.0 Å². The van der Waals surface area contributed by atoms with E-state index in [-0.39, 0.29) is 0 Å². The molecule has 0 fully saturated rings. The fourth-order valence-corrected chi connectivity index (χ4v) is 1.49. The van der Waals surface area contributed by atoms with E-state index in [2.05, 4.69) is 24.5 Å². The van der Waals surface area contributed by atoms with Crippen LogP contribution in [-0.4, -0.2) is 0 Å². The molecule has 0 saturated heterocycles. The van der Waals surface area contributed by atoms with Gasteiger partial charge in [0.25, 0.3) is 0 Å². The van der Waals surface area contributed by atoms with Gasteiger partial charge in [-0.15, -0.1) is 0 Å². The molecule has 1 rings (SSSR count). The minimum absolute atomic E-state index is 1.08. The highest BCUT2D eigenvalue weighted by Crippen LogP contribution is 2.27. The molecule has 0 atom stereocenters. The van der Waals surface area contributed by atoms with Crippen LogP contribution in [-0.2, 0) is 0 Å². The topological polar surface area (TPSA) is 23.8 Å². The summed E-state index contributed by atoms with van der Waals surface area (Å²) < 4.78 is 0. The summed E-state index contributed by atoms with van der Waals surface area (Å²) in [6, 6.07) is 0. The van der Waals surface area contributed by atoms with Crippen LogP contribution in [0.4, 0.5) is 0 Å². The van der Waals surface area contributed by atoms with Crippen molar-refractivity contribution < 1.29 is 0 Å². The van der Waals surface area contributed by atoms with E-state index in [9.17, 15) is 0 Å². The van der Waals surface area contributed by atoms with Gasteiger partial charge in [0.15, 0.2) is 0 Å². The summed E-state index contributed by atoms with van der Waals surface area (Å²) in [6.07, 6.45) is 6.52. The van der Waals surface area contributed by atoms with Gasteiger partial charge >= 0.3 is 0 Å². The van der Waals surface area contributed by atoms with Crippen LogP contribution in [0.25, 0.3) is 0 Å². The Balaban J connectivity index is 0.000000561. The van der Waals surface area contributed by atoms with Crippen molar-refractivity contribution in [1.29, 1.82) is 5.26 Å². The van der Waals surface area contributed by atoms with Crippen molar-refractivity contribution in [2.45, 2.75) is 33.6 Å². The molecule has 2 heteroatoms. The van der Waals surface area contributed by atoms with Gasteiger partial charge in [-0.05, 0) is 37.1 Å². The summed E-state index contributed by atoms with van der Waals surface area (Å²) in [4.78, 5) is 1.13. The lowest BCUT2D eigenvalue weighted by Gasteiger charge is -2.06. The molecule has 66 valence electrons. The average molecular weight is 181 g/mol. The molecule has 1 nitrogen and oxygen atoms in total. The molecule has 0 bridgehead atoms. The van der Waals surface area contributed by atoms with Gasteiger partial charge in [0.05, 0.1) is 0 Å². The van der Waals surface area contributed by atoms with E-state index < -0.39 is 0 Å². The van der Waals surface area contributed by atoms with Crippen molar-refractivity contribution in [3.05, 3.63) is 22.6 Å². The molecule has 0 spiro atoms. The maximum atomic E-state index is 8.38. The lowest BCUT2D eigenvalue weighted by molar-refractivity contribution is 1.01. The van der Waals surface area contributed by atoms with Crippen LogP contribution >= 0.6 is 11.8 Å². The molecule has 0 unspecified atom stereocenters. The zero-order valence-corrected chi connectivity index (χ0v) is 8.74. The summed E-state index contributed by atoms with van der Waals surface area (Å²) in [5.74, 6) is 0. The second-order valence-corrected chi connectivity index (χ2v) is 3.05. The van der Waals surface area contributed by atoms with Gasteiger partial charge in [0.1, 0.15) is 5.40 Å². The molecule has 0 aliphatic heterocycles. The first kappa shape index (κ1) is 11.3. The summed E-state index contributed by atoms with van der Waals surface area (Å²) in [6.45, 7) is 6.05. The van der Waals surface area contributed by atoms with Crippen molar-refractivity contribution in [3.8, 4) is 5.40 Å². The van der Waals surface area contributed by atoms with Crippen molar-refractivity contribution in [1.82, 2.24) is 0 Å². The van der Waals surface area contributed by atoms with Gasteiger partial charge in [0, 0.05) is 4.91 Å². The first-order valence-corrected chi connectivity index (χ1v) is 5.09. The number of hydrogen-bond acceptors (Lipinski definition) is 2. The Kier molecular flexibility index (Phi) is 6.60. The van der Waals surface area contributed by atoms with Gasteiger partial charge in [0.2, 0.25) is 0 Å². The molecular weight excluding hydrogens is 166 g/mol. The van der Waals surface area contributed by atoms with Crippen LogP contribution in [0.5, 0.6) is 0 Å². The molecule has 0 radical (unpaired) electrons. The summed E-state index contributed by atoms with van der Waals surface area (Å²) >= 11 is 1.26. The number of nitriles is 1. The average Bonchev–Trinajstić information content (AvgIpc) is 2.13. The Morgan fingerprint density at radius 3 is 2.42 bits per heavy atom. The number of thioether (sulfide) groups is 1. The Morgan fingerprint density at radius 2 is 1.92 bits per heavy atom. The van der Waals surface area contributed by atoms with E-state index >= 15 is 0 Å². The van der Waals surface area contributed by atoms with Crippen LogP contribution in [0.1, 0.15) is 33.6 Å². The van der Waals surface area contributed by atoms with Gasteiger partial charge in [-0.2, -0.15) is 5.26 Å². The number of allylic oxidation sites excluding steroid dienone is 3. The lowest BCUT2D eigenvalue weighted by Crippen LogP contribution is -1.85. The first-order valence-electron chi connectivity index (χ1n) is 4.28. The zero-order chi connectivity index (χ0) is 9.40. The largest absolute Gasteiger partial charge is 0.185 e. The predicted molar refractivity (Wildman–Crippen MR) is 55.6 cm³/mol. The maximum absolute atomic E-state index is 8.38. The number of thiocyanates is 1. The summed E-state index contributed by atoms with van der Waals surface area (Å²) in [5, 5.41) is 10.5. The Morgan fingerprint density at radius 1 is 1.33 bits per heavy atom. The fourth-order valence-electron chi connectivity index (χ4n) is 0.947. The third-order valence-corrected chi connectivity index (χ3v) is 2.29. The van der Waals surface area contributed by atoms with E-state index in [1.807, 2.05) is 13.8 Å². The smallest absolute Gasteiger partial charge is 0.138 e. The molecule has 0 N–H and O–H groups in total. The minimum atomic E-state index is 1.08. The Hall–Kier alpha value is -0.680. The monoisotopic (exact) mass is 181 g/mol. The number of hydrogen-bond donors (Lipinski definition) is 0. The molecule has 0 amide bonds. The number of rotatable bonds is 1. The third kappa shape index (κ3) is 3.64. The Labute approximate surface area is 79.2 Å². The van der Waals surface area contributed by atoms with Gasteiger partial charge in [-0.3, -0.25) is 0 Å². The van der Waals surface area contributed by atoms with E-state index in [1.165, 1.54) is 17.3 Å². The summed E-state index contributed by atoms with van der Waals surface area (Å²) in [7, 11) is 0. The zero-order valence-electron chi connectivity index (χ0n) is 7.92. The van der Waals surface area contributed by atoms with Crippen LogP contribution in [0, 0.1) is 10.7 Å². The molecule has 0 saturated carbocycles. The molecule has 0 heterocycles. The molecule has 1 aliphatic rings. The highest BCUT2D eigenvalue weighted by atomic mass is 32.2. The molecule has 12 heavy (non-hydrogen) atoms.